The van der Waals surface area contributed by atoms with Crippen molar-refractivity contribution in [3.63, 3.8) is 0 Å². The van der Waals surface area contributed by atoms with Gasteiger partial charge in [0, 0.05) is 19.4 Å². The summed E-state index contributed by atoms with van der Waals surface area (Å²) in [5, 5.41) is 0. The Morgan fingerprint density at radius 1 is 0.468 bits per heavy atom. The van der Waals surface area contributed by atoms with Gasteiger partial charge in [-0.05, 0) is 38.5 Å². The Morgan fingerprint density at radius 2 is 0.790 bits per heavy atom. The highest BCUT2D eigenvalue weighted by Gasteiger charge is 2.26. The van der Waals surface area contributed by atoms with Gasteiger partial charge in [0.25, 0.3) is 0 Å². The van der Waals surface area contributed by atoms with Crippen molar-refractivity contribution in [1.29, 1.82) is 0 Å². The molecule has 0 fully saturated rings. The zero-order chi connectivity index (χ0) is 45.3. The van der Waals surface area contributed by atoms with Crippen molar-refractivity contribution in [1.82, 2.24) is 0 Å². The topological polar surface area (TPSA) is 134 Å². The fourth-order valence-electron chi connectivity index (χ4n) is 7.93. The number of rotatable bonds is 51. The van der Waals surface area contributed by atoms with E-state index < -0.39 is 26.5 Å². The van der Waals surface area contributed by atoms with Crippen LogP contribution in [0.4, 0.5) is 0 Å². The van der Waals surface area contributed by atoms with Crippen LogP contribution in [-0.2, 0) is 32.7 Å². The zero-order valence-corrected chi connectivity index (χ0v) is 41.8. The van der Waals surface area contributed by atoms with Gasteiger partial charge in [0.15, 0.2) is 6.10 Å². The molecule has 0 rings (SSSR count). The van der Waals surface area contributed by atoms with Crippen molar-refractivity contribution in [2.75, 3.05) is 26.4 Å². The Balaban J connectivity index is 3.96. The molecule has 0 aromatic heterocycles. The van der Waals surface area contributed by atoms with E-state index in [4.69, 9.17) is 24.3 Å². The number of phosphoric ester groups is 1. The summed E-state index contributed by atoms with van der Waals surface area (Å²) >= 11 is 0. The van der Waals surface area contributed by atoms with Crippen LogP contribution in [0, 0.1) is 0 Å². The van der Waals surface area contributed by atoms with Gasteiger partial charge in [-0.2, -0.15) is 0 Å². The number of allylic oxidation sites excluding steroid dienone is 2. The quantitative estimate of drug-likeness (QED) is 0.0265. The first-order valence-electron chi connectivity index (χ1n) is 26.7. The van der Waals surface area contributed by atoms with Crippen molar-refractivity contribution in [2.45, 2.75) is 283 Å². The van der Waals surface area contributed by atoms with Crippen LogP contribution in [0.5, 0.6) is 0 Å². The van der Waals surface area contributed by atoms with Crippen molar-refractivity contribution in [3.05, 3.63) is 12.2 Å². The van der Waals surface area contributed by atoms with Gasteiger partial charge in [0.1, 0.15) is 6.61 Å². The number of hydrogen-bond donors (Lipinski definition) is 2. The molecule has 0 aliphatic heterocycles. The number of nitrogens with two attached hydrogens (primary N) is 1. The van der Waals surface area contributed by atoms with E-state index in [2.05, 4.69) is 26.0 Å². The van der Waals surface area contributed by atoms with E-state index in [0.29, 0.717) is 6.42 Å². The van der Waals surface area contributed by atoms with Gasteiger partial charge >= 0.3 is 19.8 Å². The third-order valence-electron chi connectivity index (χ3n) is 11.9. The van der Waals surface area contributed by atoms with E-state index in [0.717, 1.165) is 32.1 Å². The number of carbonyl (C=O) groups is 2. The third kappa shape index (κ3) is 48.2. The molecule has 368 valence electrons. The summed E-state index contributed by atoms with van der Waals surface area (Å²) in [6.07, 6.45) is 54.0. The molecule has 0 aliphatic carbocycles. The molecule has 0 saturated heterocycles. The maximum absolute atomic E-state index is 12.7. The molecule has 2 atom stereocenters. The number of carbonyl (C=O) groups excluding carboxylic acids is 2. The number of unbranched alkanes of at least 4 members (excludes halogenated alkanes) is 36. The van der Waals surface area contributed by atoms with Gasteiger partial charge in [0.05, 0.1) is 13.2 Å². The third-order valence-corrected chi connectivity index (χ3v) is 12.9. The SMILES string of the molecule is CCCCCCCCCC/C=C\CCCCCCCCCCCCCCCC(=O)OC(COC(=O)CCCCCCCCCCCCCCCCCC)COP(=O)(O)OCCN. The lowest BCUT2D eigenvalue weighted by Crippen LogP contribution is -2.29. The molecule has 0 radical (unpaired) electrons. The number of esters is 2. The molecule has 0 spiro atoms. The molecular weight excluding hydrogens is 798 g/mol. The summed E-state index contributed by atoms with van der Waals surface area (Å²) in [6.45, 7) is 3.79. The standard InChI is InChI=1S/C52H102NO8P/c1-3-5-7-9-11-13-15-17-19-21-22-23-24-25-26-27-28-29-31-33-35-37-39-41-43-45-52(55)61-50(49-60-62(56,57)59-47-46-53)48-58-51(54)44-42-40-38-36-34-32-30-20-18-16-14-12-10-8-6-4-2/h21-22,50H,3-20,23-49,53H2,1-2H3,(H,56,57)/b22-21-. The molecule has 0 saturated carbocycles. The van der Waals surface area contributed by atoms with Gasteiger partial charge in [-0.15, -0.1) is 0 Å². The van der Waals surface area contributed by atoms with Crippen molar-refractivity contribution >= 4 is 19.8 Å². The van der Waals surface area contributed by atoms with Crippen LogP contribution in [0.15, 0.2) is 12.2 Å². The van der Waals surface area contributed by atoms with Crippen LogP contribution >= 0.6 is 7.82 Å². The van der Waals surface area contributed by atoms with Crippen LogP contribution < -0.4 is 5.73 Å². The minimum atomic E-state index is -4.38. The molecule has 0 aromatic rings. The Hall–Kier alpha value is -1.25. The van der Waals surface area contributed by atoms with E-state index in [-0.39, 0.29) is 38.6 Å². The highest BCUT2D eigenvalue weighted by atomic mass is 31.2. The summed E-state index contributed by atoms with van der Waals surface area (Å²) in [4.78, 5) is 35.1. The molecule has 0 aromatic carbocycles. The Morgan fingerprint density at radius 3 is 1.15 bits per heavy atom. The first kappa shape index (κ1) is 60.8. The summed E-state index contributed by atoms with van der Waals surface area (Å²) in [5.41, 5.74) is 5.37. The van der Waals surface area contributed by atoms with Gasteiger partial charge in [-0.25, -0.2) is 4.57 Å². The lowest BCUT2D eigenvalue weighted by atomic mass is 10.0. The second-order valence-corrected chi connectivity index (χ2v) is 19.6. The molecule has 0 aliphatic rings. The lowest BCUT2D eigenvalue weighted by molar-refractivity contribution is -0.161. The van der Waals surface area contributed by atoms with Crippen LogP contribution in [0.2, 0.25) is 0 Å². The van der Waals surface area contributed by atoms with Crippen LogP contribution in [0.3, 0.4) is 0 Å². The minimum Gasteiger partial charge on any atom is -0.462 e. The average molecular weight is 900 g/mol. The number of hydrogen-bond acceptors (Lipinski definition) is 8. The van der Waals surface area contributed by atoms with Crippen LogP contribution in [0.1, 0.15) is 277 Å². The number of phosphoric acid groups is 1. The van der Waals surface area contributed by atoms with E-state index >= 15 is 0 Å². The highest BCUT2D eigenvalue weighted by Crippen LogP contribution is 2.43. The van der Waals surface area contributed by atoms with Crippen LogP contribution in [0.25, 0.3) is 0 Å². The predicted octanol–water partition coefficient (Wildman–Crippen LogP) is 16.1. The molecule has 62 heavy (non-hydrogen) atoms. The first-order chi connectivity index (χ1) is 30.3. The van der Waals surface area contributed by atoms with E-state index in [1.807, 2.05) is 0 Å². The fourth-order valence-corrected chi connectivity index (χ4v) is 8.69. The fraction of sp³-hybridized carbons (Fsp3) is 0.923. The van der Waals surface area contributed by atoms with E-state index in [1.165, 1.54) is 212 Å². The second-order valence-electron chi connectivity index (χ2n) is 18.1. The molecule has 10 heteroatoms. The Bertz CT molecular complexity index is 1030. The van der Waals surface area contributed by atoms with E-state index in [9.17, 15) is 19.0 Å². The van der Waals surface area contributed by atoms with Crippen LogP contribution in [-0.4, -0.2) is 49.3 Å². The molecule has 0 heterocycles. The molecule has 3 N–H and O–H groups in total. The Labute approximate surface area is 383 Å². The largest absolute Gasteiger partial charge is 0.472 e. The molecule has 2 unspecified atom stereocenters. The second kappa shape index (κ2) is 49.2. The zero-order valence-electron chi connectivity index (χ0n) is 40.9. The molecule has 0 bridgehead atoms. The monoisotopic (exact) mass is 900 g/mol. The van der Waals surface area contributed by atoms with E-state index in [1.54, 1.807) is 0 Å². The molecule has 0 amide bonds. The van der Waals surface area contributed by atoms with Gasteiger partial charge in [-0.1, -0.05) is 238 Å². The first-order valence-corrected chi connectivity index (χ1v) is 28.2. The maximum atomic E-state index is 12.7. The van der Waals surface area contributed by atoms with Gasteiger partial charge in [0.2, 0.25) is 0 Å². The van der Waals surface area contributed by atoms with Gasteiger partial charge < -0.3 is 20.1 Å². The Kier molecular flexibility index (Phi) is 48.2. The summed E-state index contributed by atoms with van der Waals surface area (Å²) in [6, 6.07) is 0. The van der Waals surface area contributed by atoms with Crippen molar-refractivity contribution in [2.24, 2.45) is 5.73 Å². The lowest BCUT2D eigenvalue weighted by Gasteiger charge is -2.19. The average Bonchev–Trinajstić information content (AvgIpc) is 3.26. The normalized spacial score (nSPS) is 13.2. The summed E-state index contributed by atoms with van der Waals surface area (Å²) in [7, 11) is -4.38. The molecule has 9 nitrogen and oxygen atoms in total. The smallest absolute Gasteiger partial charge is 0.462 e. The van der Waals surface area contributed by atoms with Crippen molar-refractivity contribution in [3.8, 4) is 0 Å². The maximum Gasteiger partial charge on any atom is 0.472 e. The number of ether oxygens (including phenoxy) is 2. The highest BCUT2D eigenvalue weighted by molar-refractivity contribution is 7.47. The van der Waals surface area contributed by atoms with Crippen molar-refractivity contribution < 1.29 is 37.6 Å². The predicted molar refractivity (Wildman–Crippen MR) is 261 cm³/mol. The summed E-state index contributed by atoms with van der Waals surface area (Å²) in [5.74, 6) is -0.810. The van der Waals surface area contributed by atoms with Gasteiger partial charge in [-0.3, -0.25) is 18.6 Å². The minimum absolute atomic E-state index is 0.0569. The summed E-state index contributed by atoms with van der Waals surface area (Å²) < 4.78 is 33.0. The molecular formula is C52H102NO8P.